The van der Waals surface area contributed by atoms with E-state index in [2.05, 4.69) is 39.6 Å². The van der Waals surface area contributed by atoms with Crippen molar-refractivity contribution >= 4 is 22.3 Å². The molecule has 0 fully saturated rings. The van der Waals surface area contributed by atoms with E-state index in [9.17, 15) is 0 Å². The summed E-state index contributed by atoms with van der Waals surface area (Å²) in [6.45, 7) is 5.51. The minimum atomic E-state index is 0.463. The van der Waals surface area contributed by atoms with Crippen LogP contribution in [0.1, 0.15) is 49.8 Å². The second-order valence-corrected chi connectivity index (χ2v) is 6.71. The fraction of sp³-hybridized carbons (Fsp3) is 0.471. The van der Waals surface area contributed by atoms with Crippen LogP contribution in [0.4, 0.5) is 0 Å². The molecular weight excluding hydrogens is 336 g/mol. The Labute approximate surface area is 151 Å². The number of aromatic nitrogens is 3. The average molecular weight is 360 g/mol. The van der Waals surface area contributed by atoms with Gasteiger partial charge >= 0.3 is 0 Å². The number of imidazole rings is 1. The third-order valence-electron chi connectivity index (χ3n) is 4.21. The van der Waals surface area contributed by atoms with Crippen LogP contribution in [0.2, 0.25) is 0 Å². The molecule has 0 spiro atoms. The van der Waals surface area contributed by atoms with Gasteiger partial charge in [0.2, 0.25) is 0 Å². The smallest absolute Gasteiger partial charge is 0.193 e. The second-order valence-electron chi connectivity index (χ2n) is 5.84. The number of nitrogens with one attached hydrogen (secondary N) is 2. The molecule has 0 saturated carbocycles. The van der Waals surface area contributed by atoms with Gasteiger partial charge in [-0.25, -0.2) is 4.98 Å². The SMILES string of the molecule is CCC(CC)c1cc(CNC(=NC)NCc2cn3ccsc3n2)on1. The van der Waals surface area contributed by atoms with Crippen LogP contribution in [-0.2, 0) is 13.1 Å². The van der Waals surface area contributed by atoms with Crippen LogP contribution in [0.25, 0.3) is 4.96 Å². The van der Waals surface area contributed by atoms with Gasteiger partial charge in [0, 0.05) is 36.8 Å². The van der Waals surface area contributed by atoms with E-state index in [1.54, 1.807) is 18.4 Å². The number of hydrogen-bond acceptors (Lipinski definition) is 5. The minimum absolute atomic E-state index is 0.463. The lowest BCUT2D eigenvalue weighted by atomic mass is 9.99. The lowest BCUT2D eigenvalue weighted by Crippen LogP contribution is -2.36. The maximum Gasteiger partial charge on any atom is 0.193 e. The van der Waals surface area contributed by atoms with Gasteiger partial charge in [-0.05, 0) is 12.8 Å². The molecule has 134 valence electrons. The summed E-state index contributed by atoms with van der Waals surface area (Å²) in [6, 6.07) is 2.03. The van der Waals surface area contributed by atoms with Crippen molar-refractivity contribution in [2.75, 3.05) is 7.05 Å². The zero-order valence-electron chi connectivity index (χ0n) is 14.8. The molecule has 0 amide bonds. The Hall–Kier alpha value is -2.35. The monoisotopic (exact) mass is 360 g/mol. The highest BCUT2D eigenvalue weighted by molar-refractivity contribution is 7.15. The van der Waals surface area contributed by atoms with Gasteiger partial charge in [-0.1, -0.05) is 19.0 Å². The van der Waals surface area contributed by atoms with Crippen molar-refractivity contribution in [1.29, 1.82) is 0 Å². The van der Waals surface area contributed by atoms with E-state index in [4.69, 9.17) is 4.52 Å². The number of guanidine groups is 1. The van der Waals surface area contributed by atoms with Gasteiger partial charge in [0.15, 0.2) is 16.7 Å². The highest BCUT2D eigenvalue weighted by Gasteiger charge is 2.13. The van der Waals surface area contributed by atoms with E-state index in [1.807, 2.05) is 28.2 Å². The minimum Gasteiger partial charge on any atom is -0.359 e. The third-order valence-corrected chi connectivity index (χ3v) is 4.99. The maximum absolute atomic E-state index is 5.43. The molecule has 7 nitrogen and oxygen atoms in total. The van der Waals surface area contributed by atoms with E-state index in [1.165, 1.54) is 0 Å². The molecule has 0 atom stereocenters. The Balaban J connectivity index is 1.51. The van der Waals surface area contributed by atoms with Crippen LogP contribution >= 0.6 is 11.3 Å². The first-order valence-corrected chi connectivity index (χ1v) is 9.42. The van der Waals surface area contributed by atoms with Crippen LogP contribution < -0.4 is 10.6 Å². The molecule has 25 heavy (non-hydrogen) atoms. The lowest BCUT2D eigenvalue weighted by Gasteiger charge is -2.09. The highest BCUT2D eigenvalue weighted by atomic mass is 32.1. The van der Waals surface area contributed by atoms with Gasteiger partial charge < -0.3 is 15.2 Å². The molecule has 0 aliphatic carbocycles. The molecule has 0 aliphatic rings. The standard InChI is InChI=1S/C17H24N6OS/c1-4-12(5-2)15-8-14(24-22-15)10-20-16(18-3)19-9-13-11-23-6-7-25-17(23)21-13/h6-8,11-12H,4-5,9-10H2,1-3H3,(H2,18,19,20). The van der Waals surface area contributed by atoms with Gasteiger partial charge in [-0.3, -0.25) is 9.39 Å². The number of aliphatic imine (C=N–C) groups is 1. The number of nitrogens with zero attached hydrogens (tertiary/aromatic N) is 4. The molecule has 0 bridgehead atoms. The highest BCUT2D eigenvalue weighted by Crippen LogP contribution is 2.22. The normalized spacial score (nSPS) is 12.2. The molecule has 0 saturated heterocycles. The first kappa shape index (κ1) is 17.5. The van der Waals surface area contributed by atoms with Gasteiger partial charge in [-0.2, -0.15) is 0 Å². The number of rotatable bonds is 7. The van der Waals surface area contributed by atoms with Gasteiger partial charge in [0.05, 0.1) is 24.5 Å². The largest absolute Gasteiger partial charge is 0.359 e. The molecule has 8 heteroatoms. The second kappa shape index (κ2) is 8.15. The van der Waals surface area contributed by atoms with Crippen LogP contribution in [0.5, 0.6) is 0 Å². The average Bonchev–Trinajstić information content (AvgIpc) is 3.32. The third kappa shape index (κ3) is 4.19. The van der Waals surface area contributed by atoms with Crippen molar-refractivity contribution in [1.82, 2.24) is 25.2 Å². The molecule has 3 rings (SSSR count). The number of thiazole rings is 1. The summed E-state index contributed by atoms with van der Waals surface area (Å²) in [5.41, 5.74) is 2.01. The Kier molecular flexibility index (Phi) is 5.70. The summed E-state index contributed by atoms with van der Waals surface area (Å²) in [4.78, 5) is 9.78. The summed E-state index contributed by atoms with van der Waals surface area (Å²) in [5.74, 6) is 1.98. The quantitative estimate of drug-likeness (QED) is 0.500. The fourth-order valence-electron chi connectivity index (χ4n) is 2.74. The first-order chi connectivity index (χ1) is 12.2. The van der Waals surface area contributed by atoms with Crippen molar-refractivity contribution in [2.24, 2.45) is 4.99 Å². The summed E-state index contributed by atoms with van der Waals surface area (Å²) in [6.07, 6.45) is 6.16. The molecule has 0 radical (unpaired) electrons. The fourth-order valence-corrected chi connectivity index (χ4v) is 3.46. The van der Waals surface area contributed by atoms with Crippen molar-refractivity contribution < 1.29 is 4.52 Å². The van der Waals surface area contributed by atoms with Gasteiger partial charge in [0.1, 0.15) is 0 Å². The first-order valence-electron chi connectivity index (χ1n) is 8.54. The van der Waals surface area contributed by atoms with Crippen LogP contribution in [-0.4, -0.2) is 27.5 Å². The van der Waals surface area contributed by atoms with Crippen molar-refractivity contribution in [3.05, 3.63) is 41.0 Å². The van der Waals surface area contributed by atoms with Gasteiger partial charge in [-0.15, -0.1) is 11.3 Å². The molecular formula is C17H24N6OS. The molecule has 3 aromatic heterocycles. The summed E-state index contributed by atoms with van der Waals surface area (Å²) in [7, 11) is 1.75. The van der Waals surface area contributed by atoms with Crippen LogP contribution in [0.15, 0.2) is 33.4 Å². The molecule has 0 unspecified atom stereocenters. The lowest BCUT2D eigenvalue weighted by molar-refractivity contribution is 0.368. The Morgan fingerprint density at radius 1 is 1.32 bits per heavy atom. The topological polar surface area (TPSA) is 79.8 Å². The Morgan fingerprint density at radius 3 is 2.84 bits per heavy atom. The predicted octanol–water partition coefficient (Wildman–Crippen LogP) is 3.15. The summed E-state index contributed by atoms with van der Waals surface area (Å²) >= 11 is 1.62. The zero-order valence-corrected chi connectivity index (χ0v) is 15.6. The molecule has 2 N–H and O–H groups in total. The number of fused-ring (bicyclic) bond motifs is 1. The Bertz CT molecular complexity index is 801. The zero-order chi connectivity index (χ0) is 17.6. The molecule has 3 heterocycles. The van der Waals surface area contributed by atoms with E-state index in [-0.39, 0.29) is 0 Å². The van der Waals surface area contributed by atoms with E-state index < -0.39 is 0 Å². The van der Waals surface area contributed by atoms with Crippen molar-refractivity contribution in [3.63, 3.8) is 0 Å². The van der Waals surface area contributed by atoms with Gasteiger partial charge in [0.25, 0.3) is 0 Å². The maximum atomic E-state index is 5.43. The molecule has 0 aliphatic heterocycles. The molecule has 0 aromatic carbocycles. The van der Waals surface area contributed by atoms with Crippen molar-refractivity contribution in [2.45, 2.75) is 45.7 Å². The van der Waals surface area contributed by atoms with Crippen LogP contribution in [0, 0.1) is 0 Å². The number of hydrogen-bond donors (Lipinski definition) is 2. The van der Waals surface area contributed by atoms with Crippen LogP contribution in [0.3, 0.4) is 0 Å². The van der Waals surface area contributed by atoms with E-state index >= 15 is 0 Å². The molecule has 3 aromatic rings. The summed E-state index contributed by atoms with van der Waals surface area (Å²) in [5, 5.41) is 12.7. The van der Waals surface area contributed by atoms with E-state index in [0.29, 0.717) is 25.0 Å². The summed E-state index contributed by atoms with van der Waals surface area (Å²) < 4.78 is 7.45. The Morgan fingerprint density at radius 2 is 2.12 bits per heavy atom. The predicted molar refractivity (Wildman–Crippen MR) is 99.9 cm³/mol. The van der Waals surface area contributed by atoms with E-state index in [0.717, 1.165) is 35.0 Å². The van der Waals surface area contributed by atoms with Crippen molar-refractivity contribution in [3.8, 4) is 0 Å².